The monoisotopic (exact) mass is 284 g/mol. The van der Waals surface area contributed by atoms with Gasteiger partial charge in [0.25, 0.3) is 0 Å². The Bertz CT molecular complexity index is 408. The fourth-order valence-electron chi connectivity index (χ4n) is 2.60. The van der Waals surface area contributed by atoms with Gasteiger partial charge in [-0.25, -0.2) is 0 Å². The predicted octanol–water partition coefficient (Wildman–Crippen LogP) is 4.20. The van der Waals surface area contributed by atoms with Crippen molar-refractivity contribution in [3.63, 3.8) is 0 Å². The average Bonchev–Trinajstić information content (AvgIpc) is 2.23. The smallest absolute Gasteiger partial charge is 0.180 e. The Morgan fingerprint density at radius 2 is 2.06 bits per heavy atom. The van der Waals surface area contributed by atoms with Crippen LogP contribution in [0.2, 0.25) is 30.7 Å². The number of hydrogen-bond donors (Lipinski definition) is 0. The summed E-state index contributed by atoms with van der Waals surface area (Å²) in [5.41, 5.74) is 1.36. The van der Waals surface area contributed by atoms with Gasteiger partial charge in [0.1, 0.15) is 0 Å². The first-order valence-corrected chi connectivity index (χ1v) is 13.5. The second kappa shape index (κ2) is 4.88. The Morgan fingerprint density at radius 3 is 2.71 bits per heavy atom. The Hall–Kier alpha value is -0.0962. The molecule has 1 fully saturated rings. The van der Waals surface area contributed by atoms with Crippen LogP contribution in [0, 0.1) is 0 Å². The highest BCUT2D eigenvalue weighted by molar-refractivity contribution is 7.38. The van der Waals surface area contributed by atoms with Crippen molar-refractivity contribution in [2.45, 2.75) is 38.2 Å². The summed E-state index contributed by atoms with van der Waals surface area (Å²) in [4.78, 5) is 0. The molecule has 94 valence electrons. The van der Waals surface area contributed by atoms with Gasteiger partial charge in [0.05, 0.1) is 7.59 Å². The van der Waals surface area contributed by atoms with Crippen molar-refractivity contribution >= 4 is 27.0 Å². The van der Waals surface area contributed by atoms with E-state index in [0.717, 1.165) is 17.7 Å². The standard InChI is InChI=1S/C13H21ClOSi2/c1-16(2)9-5-8-15-17(16,3)11-12-6-4-7-13(14)10-12/h4,6-7,10H,5,8-9,11H2,1-3H3. The number of rotatable bonds is 2. The van der Waals surface area contributed by atoms with Gasteiger partial charge in [-0.15, -0.1) is 0 Å². The van der Waals surface area contributed by atoms with Gasteiger partial charge in [-0.1, -0.05) is 42.9 Å². The quantitative estimate of drug-likeness (QED) is 0.740. The highest BCUT2D eigenvalue weighted by atomic mass is 35.5. The van der Waals surface area contributed by atoms with Crippen molar-refractivity contribution in [1.29, 1.82) is 0 Å². The number of hydrogen-bond acceptors (Lipinski definition) is 1. The highest BCUT2D eigenvalue weighted by Gasteiger charge is 2.48. The van der Waals surface area contributed by atoms with Crippen LogP contribution in [0.3, 0.4) is 0 Å². The van der Waals surface area contributed by atoms with Crippen molar-refractivity contribution in [2.75, 3.05) is 6.61 Å². The summed E-state index contributed by atoms with van der Waals surface area (Å²) in [6.45, 7) is 8.41. The molecule has 1 aromatic carbocycles. The molecule has 1 aromatic rings. The molecule has 0 saturated carbocycles. The minimum atomic E-state index is -1.55. The number of halogens is 1. The van der Waals surface area contributed by atoms with E-state index in [1.165, 1.54) is 18.0 Å². The van der Waals surface area contributed by atoms with Crippen LogP contribution >= 0.6 is 11.6 Å². The lowest BCUT2D eigenvalue weighted by molar-refractivity contribution is 0.302. The van der Waals surface area contributed by atoms with Gasteiger partial charge in [0, 0.05) is 11.6 Å². The van der Waals surface area contributed by atoms with Crippen LogP contribution in [0.5, 0.6) is 0 Å². The summed E-state index contributed by atoms with van der Waals surface area (Å²) < 4.78 is 6.28. The Balaban J connectivity index is 2.21. The molecule has 0 amide bonds. The SMILES string of the molecule is C[Si]1(C)CCCO[Si]1(C)Cc1cccc(Cl)c1. The highest BCUT2D eigenvalue weighted by Crippen LogP contribution is 2.33. The molecule has 0 aliphatic carbocycles. The molecular weight excluding hydrogens is 264 g/mol. The van der Waals surface area contributed by atoms with Gasteiger partial charge in [-0.05, 0) is 36.7 Å². The Kier molecular flexibility index (Phi) is 3.83. The molecule has 0 bridgehead atoms. The molecule has 1 heterocycles. The molecule has 1 saturated heterocycles. The number of benzene rings is 1. The zero-order valence-electron chi connectivity index (χ0n) is 10.9. The molecule has 0 aromatic heterocycles. The Morgan fingerprint density at radius 1 is 1.29 bits per heavy atom. The molecule has 1 aliphatic heterocycles. The maximum atomic E-state index is 6.28. The second-order valence-electron chi connectivity index (χ2n) is 5.87. The predicted molar refractivity (Wildman–Crippen MR) is 79.6 cm³/mol. The maximum Gasteiger partial charge on any atom is 0.180 e. The van der Waals surface area contributed by atoms with Gasteiger partial charge < -0.3 is 4.43 Å². The minimum absolute atomic E-state index is 0.843. The summed E-state index contributed by atoms with van der Waals surface area (Å²) in [7, 11) is -2.72. The fourth-order valence-corrected chi connectivity index (χ4v) is 12.6. The van der Waals surface area contributed by atoms with Crippen LogP contribution in [0.25, 0.3) is 0 Å². The molecular formula is C13H21ClOSi2. The van der Waals surface area contributed by atoms with Gasteiger partial charge in [0.15, 0.2) is 7.83 Å². The third-order valence-corrected chi connectivity index (χ3v) is 21.2. The molecule has 1 unspecified atom stereocenters. The summed E-state index contributed by atoms with van der Waals surface area (Å²) in [6, 6.07) is 10.8. The molecule has 0 spiro atoms. The van der Waals surface area contributed by atoms with Gasteiger partial charge in [-0.3, -0.25) is 0 Å². The fraction of sp³-hybridized carbons (Fsp3) is 0.538. The van der Waals surface area contributed by atoms with Crippen molar-refractivity contribution in [3.8, 4) is 0 Å². The zero-order chi connectivity index (χ0) is 12.5. The largest absolute Gasteiger partial charge is 0.419 e. The first kappa shape index (κ1) is 13.3. The van der Waals surface area contributed by atoms with Gasteiger partial charge in [-0.2, -0.15) is 0 Å². The lowest BCUT2D eigenvalue weighted by Gasteiger charge is -2.44. The van der Waals surface area contributed by atoms with E-state index < -0.39 is 15.4 Å². The summed E-state index contributed by atoms with van der Waals surface area (Å²) in [5.74, 6) is 0. The topological polar surface area (TPSA) is 9.23 Å². The van der Waals surface area contributed by atoms with Gasteiger partial charge >= 0.3 is 0 Å². The zero-order valence-corrected chi connectivity index (χ0v) is 13.7. The van der Waals surface area contributed by atoms with E-state index in [9.17, 15) is 0 Å². The van der Waals surface area contributed by atoms with Crippen LogP contribution in [-0.4, -0.2) is 22.0 Å². The summed E-state index contributed by atoms with van der Waals surface area (Å²) in [6.07, 6.45) is 1.26. The first-order chi connectivity index (χ1) is 7.93. The van der Waals surface area contributed by atoms with Gasteiger partial charge in [0.2, 0.25) is 0 Å². The third-order valence-electron chi connectivity index (χ3n) is 4.23. The first-order valence-electron chi connectivity index (χ1n) is 6.31. The van der Waals surface area contributed by atoms with Crippen LogP contribution in [0.4, 0.5) is 0 Å². The molecule has 2 rings (SSSR count). The minimum Gasteiger partial charge on any atom is -0.419 e. The van der Waals surface area contributed by atoms with Crippen LogP contribution < -0.4 is 0 Å². The van der Waals surface area contributed by atoms with E-state index >= 15 is 0 Å². The van der Waals surface area contributed by atoms with E-state index in [-0.39, 0.29) is 0 Å². The second-order valence-corrected chi connectivity index (χ2v) is 20.9. The van der Waals surface area contributed by atoms with Crippen molar-refractivity contribution < 1.29 is 4.43 Å². The summed E-state index contributed by atoms with van der Waals surface area (Å²) in [5, 5.41) is 0.843. The summed E-state index contributed by atoms with van der Waals surface area (Å²) >= 11 is 6.06. The van der Waals surface area contributed by atoms with E-state index in [4.69, 9.17) is 16.0 Å². The normalized spacial score (nSPS) is 28.0. The van der Waals surface area contributed by atoms with E-state index in [1.54, 1.807) is 0 Å². The van der Waals surface area contributed by atoms with Crippen molar-refractivity contribution in [2.24, 2.45) is 0 Å². The maximum absolute atomic E-state index is 6.28. The van der Waals surface area contributed by atoms with E-state index in [1.807, 2.05) is 12.1 Å². The third kappa shape index (κ3) is 2.84. The van der Waals surface area contributed by atoms with Crippen molar-refractivity contribution in [1.82, 2.24) is 0 Å². The molecule has 17 heavy (non-hydrogen) atoms. The van der Waals surface area contributed by atoms with Crippen molar-refractivity contribution in [3.05, 3.63) is 34.9 Å². The molecule has 1 atom stereocenters. The molecule has 0 radical (unpaired) electrons. The molecule has 1 aliphatic rings. The molecule has 4 heteroatoms. The van der Waals surface area contributed by atoms with Crippen LogP contribution in [-0.2, 0) is 10.5 Å². The van der Waals surface area contributed by atoms with E-state index in [0.29, 0.717) is 0 Å². The van der Waals surface area contributed by atoms with Crippen LogP contribution in [0.1, 0.15) is 12.0 Å². The lowest BCUT2D eigenvalue weighted by Crippen LogP contribution is -2.63. The molecule has 1 nitrogen and oxygen atoms in total. The lowest BCUT2D eigenvalue weighted by atomic mass is 10.2. The Labute approximate surface area is 111 Å². The van der Waals surface area contributed by atoms with Crippen LogP contribution in [0.15, 0.2) is 24.3 Å². The van der Waals surface area contributed by atoms with E-state index in [2.05, 4.69) is 31.8 Å². The molecule has 0 N–H and O–H groups in total. The average molecular weight is 285 g/mol.